The van der Waals surface area contributed by atoms with Gasteiger partial charge in [-0.2, -0.15) is 0 Å². The smallest absolute Gasteiger partial charge is 0.203 e. The largest absolute Gasteiger partial charge is 0.353 e. The van der Waals surface area contributed by atoms with E-state index in [0.717, 1.165) is 31.0 Å². The molecule has 1 aliphatic heterocycles. The van der Waals surface area contributed by atoms with Gasteiger partial charge in [-0.25, -0.2) is 4.98 Å². The number of rotatable bonds is 1. The second-order valence-corrected chi connectivity index (χ2v) is 6.46. The molecule has 96 valence electrons. The quantitative estimate of drug-likeness (QED) is 0.750. The Morgan fingerprint density at radius 2 is 2.33 bits per heavy atom. The van der Waals surface area contributed by atoms with Crippen molar-refractivity contribution in [3.05, 3.63) is 18.7 Å². The van der Waals surface area contributed by atoms with Gasteiger partial charge in [0.1, 0.15) is 6.33 Å². The van der Waals surface area contributed by atoms with Crippen LogP contribution in [0.1, 0.15) is 13.3 Å². The Bertz CT molecular complexity index is 584. The summed E-state index contributed by atoms with van der Waals surface area (Å²) in [6.07, 6.45) is 6.16. The number of nitrogens with zero attached hydrogens (tertiary/aromatic N) is 5. The molecule has 2 aromatic heterocycles. The van der Waals surface area contributed by atoms with Gasteiger partial charge in [0.2, 0.25) is 5.65 Å². The van der Waals surface area contributed by atoms with Gasteiger partial charge in [0.15, 0.2) is 5.82 Å². The topological polar surface area (TPSA) is 63.4 Å². The second-order valence-electron chi connectivity index (χ2n) is 4.48. The molecule has 2 atom stereocenters. The van der Waals surface area contributed by atoms with Crippen LogP contribution in [-0.4, -0.2) is 47.9 Å². The minimum Gasteiger partial charge on any atom is -0.353 e. The lowest BCUT2D eigenvalue weighted by molar-refractivity contribution is 0.671. The summed E-state index contributed by atoms with van der Waals surface area (Å²) in [6.45, 7) is 3.67. The van der Waals surface area contributed by atoms with Crippen LogP contribution in [0.25, 0.3) is 5.65 Å². The highest BCUT2D eigenvalue weighted by atomic mass is 32.2. The molecular formula is C11H15N5OS. The highest BCUT2D eigenvalue weighted by Crippen LogP contribution is 2.19. The fourth-order valence-corrected chi connectivity index (χ4v) is 3.33. The van der Waals surface area contributed by atoms with Gasteiger partial charge < -0.3 is 4.90 Å². The molecule has 0 saturated carbocycles. The van der Waals surface area contributed by atoms with E-state index in [4.69, 9.17) is 0 Å². The number of fused-ring (bicyclic) bond motifs is 1. The Kier molecular flexibility index (Phi) is 2.99. The first-order valence-corrected chi connectivity index (χ1v) is 7.40. The molecule has 0 aromatic carbocycles. The van der Waals surface area contributed by atoms with E-state index in [9.17, 15) is 4.21 Å². The minimum atomic E-state index is -0.733. The van der Waals surface area contributed by atoms with E-state index in [1.807, 2.05) is 17.5 Å². The zero-order chi connectivity index (χ0) is 12.5. The van der Waals surface area contributed by atoms with Crippen LogP contribution >= 0.6 is 0 Å². The third kappa shape index (κ3) is 1.98. The van der Waals surface area contributed by atoms with Gasteiger partial charge in [-0.3, -0.25) is 8.61 Å². The van der Waals surface area contributed by atoms with Crippen molar-refractivity contribution in [1.82, 2.24) is 19.6 Å². The molecule has 2 unspecified atom stereocenters. The van der Waals surface area contributed by atoms with E-state index in [-0.39, 0.29) is 5.25 Å². The molecule has 1 fully saturated rings. The molecule has 1 saturated heterocycles. The molecule has 18 heavy (non-hydrogen) atoms. The van der Waals surface area contributed by atoms with Crippen LogP contribution in [0, 0.1) is 0 Å². The van der Waals surface area contributed by atoms with Crippen molar-refractivity contribution in [2.24, 2.45) is 0 Å². The molecule has 2 aromatic rings. The van der Waals surface area contributed by atoms with E-state index in [2.05, 4.69) is 20.1 Å². The normalized spacial score (nSPS) is 25.3. The molecule has 0 bridgehead atoms. The summed E-state index contributed by atoms with van der Waals surface area (Å²) >= 11 is 0. The average molecular weight is 265 g/mol. The predicted octanol–water partition coefficient (Wildman–Crippen LogP) is 0.472. The van der Waals surface area contributed by atoms with Gasteiger partial charge in [-0.05, 0) is 6.42 Å². The van der Waals surface area contributed by atoms with Gasteiger partial charge in [0.25, 0.3) is 0 Å². The maximum absolute atomic E-state index is 11.8. The summed E-state index contributed by atoms with van der Waals surface area (Å²) in [5.41, 5.74) is 0.762. The highest BCUT2D eigenvalue weighted by Gasteiger charge is 2.22. The fourth-order valence-electron chi connectivity index (χ4n) is 2.16. The number of hydrogen-bond acceptors (Lipinski definition) is 5. The molecule has 0 spiro atoms. The van der Waals surface area contributed by atoms with Crippen molar-refractivity contribution in [2.75, 3.05) is 23.7 Å². The average Bonchev–Trinajstić information content (AvgIpc) is 2.80. The molecule has 0 amide bonds. The van der Waals surface area contributed by atoms with Gasteiger partial charge in [-0.15, -0.1) is 10.2 Å². The molecule has 3 heterocycles. The first-order valence-electron chi connectivity index (χ1n) is 6.02. The van der Waals surface area contributed by atoms with Crippen molar-refractivity contribution >= 4 is 22.3 Å². The molecule has 0 aliphatic carbocycles. The van der Waals surface area contributed by atoms with Crippen LogP contribution in [0.5, 0.6) is 0 Å². The van der Waals surface area contributed by atoms with Crippen molar-refractivity contribution in [3.8, 4) is 0 Å². The van der Waals surface area contributed by atoms with Gasteiger partial charge in [0, 0.05) is 47.3 Å². The Balaban J connectivity index is 1.94. The van der Waals surface area contributed by atoms with E-state index in [1.54, 1.807) is 12.5 Å². The second kappa shape index (κ2) is 4.64. The van der Waals surface area contributed by atoms with E-state index in [1.165, 1.54) is 0 Å². The van der Waals surface area contributed by atoms with Crippen molar-refractivity contribution in [1.29, 1.82) is 0 Å². The van der Waals surface area contributed by atoms with E-state index >= 15 is 0 Å². The lowest BCUT2D eigenvalue weighted by atomic mass is 10.3. The predicted molar refractivity (Wildman–Crippen MR) is 70.1 cm³/mol. The third-order valence-electron chi connectivity index (χ3n) is 3.31. The van der Waals surface area contributed by atoms with E-state index < -0.39 is 10.8 Å². The highest BCUT2D eigenvalue weighted by molar-refractivity contribution is 7.85. The molecule has 0 N–H and O–H groups in total. The van der Waals surface area contributed by atoms with Crippen molar-refractivity contribution < 1.29 is 4.21 Å². The van der Waals surface area contributed by atoms with Gasteiger partial charge in [-0.1, -0.05) is 6.92 Å². The van der Waals surface area contributed by atoms with Crippen LogP contribution < -0.4 is 4.90 Å². The molecular weight excluding hydrogens is 250 g/mol. The molecule has 0 radical (unpaired) electrons. The SMILES string of the molecule is CC1CCN(c2nccn3cnnc23)CCS1=O. The molecule has 6 nitrogen and oxygen atoms in total. The lowest BCUT2D eigenvalue weighted by Crippen LogP contribution is -2.27. The van der Waals surface area contributed by atoms with Gasteiger partial charge in [0.05, 0.1) is 0 Å². The van der Waals surface area contributed by atoms with Crippen LogP contribution in [0.15, 0.2) is 18.7 Å². The standard InChI is InChI=1S/C11H15N5OS/c1-9-2-4-15(6-7-18(9)17)10-11-14-13-8-16(11)5-3-12-10/h3,5,8-9H,2,4,6-7H2,1H3. The van der Waals surface area contributed by atoms with Crippen molar-refractivity contribution in [3.63, 3.8) is 0 Å². The number of aromatic nitrogens is 4. The van der Waals surface area contributed by atoms with Gasteiger partial charge >= 0.3 is 0 Å². The molecule has 3 rings (SSSR count). The van der Waals surface area contributed by atoms with Crippen LogP contribution in [0.4, 0.5) is 5.82 Å². The number of hydrogen-bond donors (Lipinski definition) is 0. The zero-order valence-corrected chi connectivity index (χ0v) is 11.0. The van der Waals surface area contributed by atoms with Crippen LogP contribution in [0.2, 0.25) is 0 Å². The maximum atomic E-state index is 11.8. The van der Waals surface area contributed by atoms with Crippen molar-refractivity contribution in [2.45, 2.75) is 18.6 Å². The Morgan fingerprint density at radius 1 is 1.44 bits per heavy atom. The van der Waals surface area contributed by atoms with E-state index in [0.29, 0.717) is 5.75 Å². The Morgan fingerprint density at radius 3 is 3.22 bits per heavy atom. The zero-order valence-electron chi connectivity index (χ0n) is 10.2. The molecule has 7 heteroatoms. The third-order valence-corrected chi connectivity index (χ3v) is 5.03. The number of anilines is 1. The minimum absolute atomic E-state index is 0.257. The monoisotopic (exact) mass is 265 g/mol. The van der Waals surface area contributed by atoms with Crippen LogP contribution in [-0.2, 0) is 10.8 Å². The summed E-state index contributed by atoms with van der Waals surface area (Å²) in [5, 5.41) is 8.25. The Labute approximate surface area is 107 Å². The fraction of sp³-hybridized carbons (Fsp3) is 0.545. The van der Waals surface area contributed by atoms with Crippen LogP contribution in [0.3, 0.4) is 0 Å². The summed E-state index contributed by atoms with van der Waals surface area (Å²) in [7, 11) is -0.733. The molecule has 1 aliphatic rings. The summed E-state index contributed by atoms with van der Waals surface area (Å²) in [4.78, 5) is 6.56. The summed E-state index contributed by atoms with van der Waals surface area (Å²) < 4.78 is 13.7. The lowest BCUT2D eigenvalue weighted by Gasteiger charge is -2.20. The summed E-state index contributed by atoms with van der Waals surface area (Å²) in [6, 6.07) is 0. The Hall–Kier alpha value is -1.50. The summed E-state index contributed by atoms with van der Waals surface area (Å²) in [5.74, 6) is 1.53. The first-order chi connectivity index (χ1) is 8.75. The first kappa shape index (κ1) is 11.6. The maximum Gasteiger partial charge on any atom is 0.203 e.